The molecule has 0 saturated carbocycles. The quantitative estimate of drug-likeness (QED) is 0.765. The molecule has 1 aromatic rings. The fourth-order valence-electron chi connectivity index (χ4n) is 4.62. The zero-order valence-electron chi connectivity index (χ0n) is 17.2. The molecule has 0 atom stereocenters. The Balaban J connectivity index is 1.75. The van der Waals surface area contributed by atoms with Crippen molar-refractivity contribution in [2.24, 2.45) is 0 Å². The summed E-state index contributed by atoms with van der Waals surface area (Å²) in [5.74, 6) is -0.225. The van der Waals surface area contributed by atoms with Crippen LogP contribution in [0, 0.1) is 0 Å². The molecule has 3 rings (SSSR count). The summed E-state index contributed by atoms with van der Waals surface area (Å²) in [5, 5.41) is 5.48. The van der Waals surface area contributed by atoms with E-state index >= 15 is 0 Å². The van der Waals surface area contributed by atoms with E-state index in [1.54, 1.807) is 18.2 Å². The molecule has 1 aromatic carbocycles. The number of hydrogen-bond donors (Lipinski definition) is 2. The summed E-state index contributed by atoms with van der Waals surface area (Å²) < 4.78 is 32.4. The molecule has 3 N–H and O–H groups in total. The fraction of sp³-hybridized carbons (Fsp3) is 0.650. The number of piperidine rings is 1. The minimum Gasteiger partial charge on any atom is -0.379 e. The number of nitrogens with one attached hydrogen (secondary N) is 1. The van der Waals surface area contributed by atoms with Crippen molar-refractivity contribution in [2.45, 2.75) is 62.6 Å². The lowest BCUT2D eigenvalue weighted by Crippen LogP contribution is -3.06. The predicted molar refractivity (Wildman–Crippen MR) is 107 cm³/mol. The molecule has 7 nitrogen and oxygen atoms in total. The number of morpholine rings is 1. The van der Waals surface area contributed by atoms with Gasteiger partial charge in [-0.25, -0.2) is 8.42 Å². The van der Waals surface area contributed by atoms with Gasteiger partial charge in [0.1, 0.15) is 0 Å². The summed E-state index contributed by atoms with van der Waals surface area (Å²) in [6.45, 7) is 10.2. The van der Waals surface area contributed by atoms with Crippen molar-refractivity contribution in [3.8, 4) is 0 Å². The van der Waals surface area contributed by atoms with E-state index in [1.165, 1.54) is 10.4 Å². The van der Waals surface area contributed by atoms with Gasteiger partial charge in [-0.1, -0.05) is 6.07 Å². The molecule has 0 aliphatic carbocycles. The maximum absolute atomic E-state index is 12.9. The van der Waals surface area contributed by atoms with Crippen LogP contribution in [0.1, 0.15) is 50.9 Å². The van der Waals surface area contributed by atoms with E-state index in [0.717, 1.165) is 12.8 Å². The van der Waals surface area contributed by atoms with Gasteiger partial charge in [-0.3, -0.25) is 4.79 Å². The normalized spacial score (nSPS) is 23.3. The first-order chi connectivity index (χ1) is 13.0. The first-order valence-corrected chi connectivity index (χ1v) is 11.3. The molecule has 2 fully saturated rings. The van der Waals surface area contributed by atoms with Gasteiger partial charge < -0.3 is 15.4 Å². The van der Waals surface area contributed by atoms with Crippen molar-refractivity contribution in [3.05, 3.63) is 29.8 Å². The largest absolute Gasteiger partial charge is 0.379 e. The zero-order chi connectivity index (χ0) is 20.6. The second-order valence-corrected chi connectivity index (χ2v) is 11.2. The highest BCUT2D eigenvalue weighted by molar-refractivity contribution is 7.89. The lowest BCUT2D eigenvalue weighted by molar-refractivity contribution is -0.787. The third kappa shape index (κ3) is 4.92. The van der Waals surface area contributed by atoms with Crippen molar-refractivity contribution in [3.63, 3.8) is 0 Å². The Morgan fingerprint density at radius 1 is 1.14 bits per heavy atom. The summed E-state index contributed by atoms with van der Waals surface area (Å²) in [6, 6.07) is 6.38. The Morgan fingerprint density at radius 2 is 1.75 bits per heavy atom. The Hall–Kier alpha value is -1.48. The Bertz CT molecular complexity index is 814. The number of carbonyl (C=O) groups excluding carboxylic acids is 1. The zero-order valence-corrected chi connectivity index (χ0v) is 18.0. The van der Waals surface area contributed by atoms with Crippen molar-refractivity contribution >= 4 is 15.9 Å². The van der Waals surface area contributed by atoms with E-state index in [1.807, 2.05) is 0 Å². The molecule has 1 amide bonds. The fourth-order valence-corrected chi connectivity index (χ4v) is 6.08. The molecule has 0 aromatic heterocycles. The first-order valence-electron chi connectivity index (χ1n) is 9.84. The van der Waals surface area contributed by atoms with Gasteiger partial charge in [0.05, 0.1) is 29.2 Å². The van der Waals surface area contributed by atoms with E-state index in [-0.39, 0.29) is 27.9 Å². The number of nitrogens with two attached hydrogens (primary N) is 1. The Labute approximate surface area is 167 Å². The monoisotopic (exact) mass is 410 g/mol. The van der Waals surface area contributed by atoms with Crippen molar-refractivity contribution < 1.29 is 23.3 Å². The third-order valence-corrected chi connectivity index (χ3v) is 7.26. The number of rotatable bonds is 4. The van der Waals surface area contributed by atoms with Crippen molar-refractivity contribution in [1.29, 1.82) is 0 Å². The highest BCUT2D eigenvalue weighted by atomic mass is 32.2. The van der Waals surface area contributed by atoms with Crippen LogP contribution in [0.5, 0.6) is 0 Å². The van der Waals surface area contributed by atoms with Crippen LogP contribution in [0.25, 0.3) is 0 Å². The van der Waals surface area contributed by atoms with Crippen LogP contribution in [0.2, 0.25) is 0 Å². The number of carbonyl (C=O) groups is 1. The summed E-state index contributed by atoms with van der Waals surface area (Å²) in [7, 11) is -3.62. The lowest BCUT2D eigenvalue weighted by Gasteiger charge is -2.43. The molecular weight excluding hydrogens is 378 g/mol. The van der Waals surface area contributed by atoms with Gasteiger partial charge in [0.15, 0.2) is 0 Å². The summed E-state index contributed by atoms with van der Waals surface area (Å²) in [5.41, 5.74) is 0.460. The number of nitrogens with zero attached hydrogens (tertiary/aromatic N) is 1. The average molecular weight is 411 g/mol. The smallest absolute Gasteiger partial charge is 0.251 e. The van der Waals surface area contributed by atoms with Gasteiger partial charge in [0.2, 0.25) is 10.0 Å². The molecular formula is C20H32N3O4S+. The molecule has 156 valence electrons. The van der Waals surface area contributed by atoms with Crippen molar-refractivity contribution in [1.82, 2.24) is 9.62 Å². The van der Waals surface area contributed by atoms with Crippen LogP contribution in [0.3, 0.4) is 0 Å². The van der Waals surface area contributed by atoms with Crippen molar-refractivity contribution in [2.75, 3.05) is 26.3 Å². The van der Waals surface area contributed by atoms with Gasteiger partial charge in [-0.05, 0) is 45.9 Å². The first kappa shape index (κ1) is 21.2. The number of hydrogen-bond acceptors (Lipinski definition) is 4. The van der Waals surface area contributed by atoms with Gasteiger partial charge in [0, 0.05) is 37.5 Å². The van der Waals surface area contributed by atoms with E-state index in [2.05, 4.69) is 38.3 Å². The SMILES string of the molecule is CC1(C)CC(NC(=O)c2cccc(S(=O)(=O)N3CCOCC3)c2)CC(C)(C)[NH2+]1. The summed E-state index contributed by atoms with van der Waals surface area (Å²) in [4.78, 5) is 13.0. The minimum absolute atomic E-state index is 0.0429. The van der Waals surface area contributed by atoms with Crippen LogP contribution in [0.15, 0.2) is 29.2 Å². The van der Waals surface area contributed by atoms with Crippen LogP contribution >= 0.6 is 0 Å². The predicted octanol–water partition coefficient (Wildman–Crippen LogP) is 0.720. The highest BCUT2D eigenvalue weighted by Crippen LogP contribution is 2.23. The number of quaternary nitrogens is 1. The van der Waals surface area contributed by atoms with E-state index < -0.39 is 10.0 Å². The molecule has 2 aliphatic rings. The Kier molecular flexibility index (Phi) is 5.87. The molecule has 2 heterocycles. The molecule has 0 unspecified atom stereocenters. The number of sulfonamides is 1. The van der Waals surface area contributed by atoms with Gasteiger partial charge >= 0.3 is 0 Å². The second-order valence-electron chi connectivity index (χ2n) is 9.24. The molecule has 0 spiro atoms. The number of benzene rings is 1. The number of ether oxygens (including phenoxy) is 1. The topological polar surface area (TPSA) is 92.3 Å². The average Bonchev–Trinajstić information content (AvgIpc) is 2.60. The van der Waals surface area contributed by atoms with Gasteiger partial charge in [-0.15, -0.1) is 0 Å². The standard InChI is InChI=1S/C20H31N3O4S/c1-19(2)13-16(14-20(3,4)22-19)21-18(24)15-6-5-7-17(12-15)28(25,26)23-8-10-27-11-9-23/h5-7,12,16,22H,8-11,13-14H2,1-4H3,(H,21,24)/p+1. The van der Waals surface area contributed by atoms with E-state index in [4.69, 9.17) is 4.74 Å². The van der Waals surface area contributed by atoms with Crippen LogP contribution in [-0.4, -0.2) is 62.1 Å². The van der Waals surface area contributed by atoms with Crippen LogP contribution < -0.4 is 10.6 Å². The van der Waals surface area contributed by atoms with E-state index in [9.17, 15) is 13.2 Å². The van der Waals surface area contributed by atoms with Crippen LogP contribution in [0.4, 0.5) is 0 Å². The van der Waals surface area contributed by atoms with E-state index in [0.29, 0.717) is 31.9 Å². The van der Waals surface area contributed by atoms with Gasteiger partial charge in [0.25, 0.3) is 5.91 Å². The highest BCUT2D eigenvalue weighted by Gasteiger charge is 2.42. The van der Waals surface area contributed by atoms with Gasteiger partial charge in [-0.2, -0.15) is 4.31 Å². The molecule has 28 heavy (non-hydrogen) atoms. The summed E-state index contributed by atoms with van der Waals surface area (Å²) in [6.07, 6.45) is 1.74. The Morgan fingerprint density at radius 3 is 2.36 bits per heavy atom. The number of amides is 1. The minimum atomic E-state index is -3.62. The molecule has 2 saturated heterocycles. The lowest BCUT2D eigenvalue weighted by atomic mass is 9.79. The molecule has 0 bridgehead atoms. The molecule has 8 heteroatoms. The molecule has 2 aliphatic heterocycles. The van der Waals surface area contributed by atoms with Crippen LogP contribution in [-0.2, 0) is 14.8 Å². The maximum Gasteiger partial charge on any atom is 0.251 e. The molecule has 0 radical (unpaired) electrons. The maximum atomic E-state index is 12.9. The third-order valence-electron chi connectivity index (χ3n) is 5.37. The second kappa shape index (κ2) is 7.74. The summed E-state index contributed by atoms with van der Waals surface area (Å²) >= 11 is 0.